The number of carbonyl (C=O) groups is 3. The Hall–Kier alpha value is -2.28. The van der Waals surface area contributed by atoms with Crippen molar-refractivity contribution in [1.82, 2.24) is 20.4 Å². The predicted octanol–water partition coefficient (Wildman–Crippen LogP) is 1.58. The van der Waals surface area contributed by atoms with E-state index in [9.17, 15) is 14.4 Å². The molecular formula is C18H25ClN4O3. The number of carbonyl (C=O) groups excluding carboxylic acids is 3. The molecule has 7 nitrogen and oxygen atoms in total. The lowest BCUT2D eigenvalue weighted by Crippen LogP contribution is -2.47. The van der Waals surface area contributed by atoms with E-state index < -0.39 is 0 Å². The fourth-order valence-electron chi connectivity index (χ4n) is 2.86. The second-order valence-corrected chi connectivity index (χ2v) is 6.87. The zero-order valence-corrected chi connectivity index (χ0v) is 15.9. The number of nitrogens with one attached hydrogen (secondary N) is 2. The summed E-state index contributed by atoms with van der Waals surface area (Å²) in [5.41, 5.74) is 0.415. The van der Waals surface area contributed by atoms with Crippen LogP contribution >= 0.6 is 11.6 Å². The van der Waals surface area contributed by atoms with E-state index in [1.807, 2.05) is 0 Å². The first-order chi connectivity index (χ1) is 12.4. The normalized spacial score (nSPS) is 14.7. The van der Waals surface area contributed by atoms with E-state index in [2.05, 4.69) is 10.6 Å². The molecule has 1 heterocycles. The maximum absolute atomic E-state index is 12.2. The number of halogens is 1. The largest absolute Gasteiger partial charge is 0.354 e. The summed E-state index contributed by atoms with van der Waals surface area (Å²) in [4.78, 5) is 39.4. The van der Waals surface area contributed by atoms with Crippen molar-refractivity contribution >= 4 is 29.4 Å². The Bertz CT molecular complexity index is 658. The topological polar surface area (TPSA) is 81.8 Å². The third kappa shape index (κ3) is 5.36. The van der Waals surface area contributed by atoms with Gasteiger partial charge in [0.15, 0.2) is 0 Å². The molecule has 0 unspecified atom stereocenters. The molecule has 0 aromatic heterocycles. The second kappa shape index (κ2) is 9.43. The van der Waals surface area contributed by atoms with Crippen LogP contribution in [-0.2, 0) is 4.79 Å². The van der Waals surface area contributed by atoms with E-state index in [4.69, 9.17) is 11.6 Å². The molecule has 1 fully saturated rings. The molecule has 142 valence electrons. The van der Waals surface area contributed by atoms with Gasteiger partial charge in [0.05, 0.1) is 10.6 Å². The summed E-state index contributed by atoms with van der Waals surface area (Å²) in [7, 11) is 3.44. The standard InChI is InChI=1S/C18H25ClN4O3/c1-22(2)18(26)23-11-7-13(8-12-23)16(24)20-9-10-21-17(25)14-5-3-4-6-15(14)19/h3-6,13H,7-12H2,1-2H3,(H,20,24)(H,21,25). The monoisotopic (exact) mass is 380 g/mol. The van der Waals surface area contributed by atoms with Gasteiger partial charge in [-0.1, -0.05) is 23.7 Å². The highest BCUT2D eigenvalue weighted by Crippen LogP contribution is 2.18. The number of hydrogen-bond acceptors (Lipinski definition) is 3. The molecule has 0 saturated carbocycles. The lowest BCUT2D eigenvalue weighted by Gasteiger charge is -2.33. The fraction of sp³-hybridized carbons (Fsp3) is 0.500. The highest BCUT2D eigenvalue weighted by atomic mass is 35.5. The molecule has 0 radical (unpaired) electrons. The fourth-order valence-corrected chi connectivity index (χ4v) is 3.08. The van der Waals surface area contributed by atoms with E-state index in [1.165, 1.54) is 0 Å². The van der Waals surface area contributed by atoms with Crippen molar-refractivity contribution in [2.45, 2.75) is 12.8 Å². The number of amides is 4. The predicted molar refractivity (Wildman–Crippen MR) is 100 cm³/mol. The van der Waals surface area contributed by atoms with E-state index >= 15 is 0 Å². The van der Waals surface area contributed by atoms with Crippen molar-refractivity contribution in [1.29, 1.82) is 0 Å². The summed E-state index contributed by atoms with van der Waals surface area (Å²) in [6.07, 6.45) is 1.30. The average Bonchev–Trinajstić information content (AvgIpc) is 2.64. The second-order valence-electron chi connectivity index (χ2n) is 6.47. The van der Waals surface area contributed by atoms with Gasteiger partial charge in [-0.2, -0.15) is 0 Å². The highest BCUT2D eigenvalue weighted by molar-refractivity contribution is 6.33. The van der Waals surface area contributed by atoms with Crippen LogP contribution in [0.1, 0.15) is 23.2 Å². The zero-order chi connectivity index (χ0) is 19.1. The van der Waals surface area contributed by atoms with Crippen LogP contribution in [0.25, 0.3) is 0 Å². The molecule has 2 N–H and O–H groups in total. The molecule has 8 heteroatoms. The van der Waals surface area contributed by atoms with Gasteiger partial charge < -0.3 is 20.4 Å². The number of nitrogens with zero attached hydrogens (tertiary/aromatic N) is 2. The Labute approximate surface area is 158 Å². The van der Waals surface area contributed by atoms with Gasteiger partial charge in [-0.15, -0.1) is 0 Å². The van der Waals surface area contributed by atoms with Crippen molar-refractivity contribution < 1.29 is 14.4 Å². The van der Waals surface area contributed by atoms with Crippen LogP contribution in [0.15, 0.2) is 24.3 Å². The quantitative estimate of drug-likeness (QED) is 0.761. The number of urea groups is 1. The van der Waals surface area contributed by atoms with Crippen LogP contribution in [0.3, 0.4) is 0 Å². The lowest BCUT2D eigenvalue weighted by atomic mass is 9.96. The summed E-state index contributed by atoms with van der Waals surface area (Å²) in [5, 5.41) is 5.97. The van der Waals surface area contributed by atoms with Crippen LogP contribution in [-0.4, -0.2) is 67.9 Å². The zero-order valence-electron chi connectivity index (χ0n) is 15.1. The molecule has 1 aromatic rings. The van der Waals surface area contributed by atoms with Gasteiger partial charge in [0.2, 0.25) is 5.91 Å². The van der Waals surface area contributed by atoms with Crippen LogP contribution in [0.2, 0.25) is 5.02 Å². The number of benzene rings is 1. The number of hydrogen-bond donors (Lipinski definition) is 2. The summed E-state index contributed by atoms with van der Waals surface area (Å²) in [6.45, 7) is 1.84. The van der Waals surface area contributed by atoms with Crippen molar-refractivity contribution in [2.75, 3.05) is 40.3 Å². The maximum atomic E-state index is 12.2. The molecule has 1 aromatic carbocycles. The van der Waals surface area contributed by atoms with Crippen molar-refractivity contribution in [3.63, 3.8) is 0 Å². The SMILES string of the molecule is CN(C)C(=O)N1CCC(C(=O)NCCNC(=O)c2ccccc2Cl)CC1. The molecule has 0 atom stereocenters. The van der Waals surface area contributed by atoms with Gasteiger partial charge in [0.1, 0.15) is 0 Å². The van der Waals surface area contributed by atoms with Gasteiger partial charge in [0, 0.05) is 46.2 Å². The number of rotatable bonds is 5. The molecule has 1 aliphatic heterocycles. The average molecular weight is 381 g/mol. The minimum absolute atomic E-state index is 0.0221. The molecule has 4 amide bonds. The van der Waals surface area contributed by atoms with E-state index in [0.717, 1.165) is 0 Å². The molecule has 1 aliphatic rings. The van der Waals surface area contributed by atoms with Crippen LogP contribution < -0.4 is 10.6 Å². The summed E-state index contributed by atoms with van der Waals surface area (Å²) in [5.74, 6) is -0.394. The van der Waals surface area contributed by atoms with Crippen molar-refractivity contribution in [3.05, 3.63) is 34.9 Å². The Morgan fingerprint density at radius 2 is 1.73 bits per heavy atom. The Morgan fingerprint density at radius 3 is 2.35 bits per heavy atom. The maximum Gasteiger partial charge on any atom is 0.319 e. The molecule has 0 aliphatic carbocycles. The van der Waals surface area contributed by atoms with Crippen molar-refractivity contribution in [3.8, 4) is 0 Å². The van der Waals surface area contributed by atoms with Gasteiger partial charge in [-0.05, 0) is 25.0 Å². The minimum atomic E-state index is -0.264. The molecule has 26 heavy (non-hydrogen) atoms. The first kappa shape index (κ1) is 20.0. The van der Waals surface area contributed by atoms with Crippen LogP contribution in [0.4, 0.5) is 4.79 Å². The van der Waals surface area contributed by atoms with Gasteiger partial charge in [-0.3, -0.25) is 9.59 Å². The third-order valence-electron chi connectivity index (χ3n) is 4.35. The summed E-state index contributed by atoms with van der Waals surface area (Å²) >= 11 is 5.98. The summed E-state index contributed by atoms with van der Waals surface area (Å²) in [6, 6.07) is 6.79. The van der Waals surface area contributed by atoms with E-state index in [0.29, 0.717) is 49.6 Å². The first-order valence-electron chi connectivity index (χ1n) is 8.67. The number of piperidine rings is 1. The van der Waals surface area contributed by atoms with Crippen LogP contribution in [0.5, 0.6) is 0 Å². The first-order valence-corrected chi connectivity index (χ1v) is 9.04. The van der Waals surface area contributed by atoms with Gasteiger partial charge in [-0.25, -0.2) is 4.79 Å². The molecule has 1 saturated heterocycles. The van der Waals surface area contributed by atoms with Gasteiger partial charge in [0.25, 0.3) is 5.91 Å². The van der Waals surface area contributed by atoms with Gasteiger partial charge >= 0.3 is 6.03 Å². The molecule has 0 bridgehead atoms. The van der Waals surface area contributed by atoms with E-state index in [-0.39, 0.29) is 23.8 Å². The van der Waals surface area contributed by atoms with Crippen LogP contribution in [0, 0.1) is 5.92 Å². The molecule has 0 spiro atoms. The summed E-state index contributed by atoms with van der Waals surface area (Å²) < 4.78 is 0. The number of likely N-dealkylation sites (tertiary alicyclic amines) is 1. The smallest absolute Gasteiger partial charge is 0.319 e. The molecular weight excluding hydrogens is 356 g/mol. The lowest BCUT2D eigenvalue weighted by molar-refractivity contribution is -0.126. The van der Waals surface area contributed by atoms with E-state index in [1.54, 1.807) is 48.2 Å². The highest BCUT2D eigenvalue weighted by Gasteiger charge is 2.27. The minimum Gasteiger partial charge on any atom is -0.354 e. The third-order valence-corrected chi connectivity index (χ3v) is 4.68. The van der Waals surface area contributed by atoms with Crippen molar-refractivity contribution in [2.24, 2.45) is 5.92 Å². The Kier molecular flexibility index (Phi) is 7.26. The molecule has 2 rings (SSSR count). The Balaban J connectivity index is 1.67. The Morgan fingerprint density at radius 1 is 1.12 bits per heavy atom.